The predicted octanol–water partition coefficient (Wildman–Crippen LogP) is 1.12. The van der Waals surface area contributed by atoms with Gasteiger partial charge in [-0.15, -0.1) is 0 Å². The Balaban J connectivity index is 1.91. The molecule has 0 aliphatic heterocycles. The monoisotopic (exact) mass is 271 g/mol. The summed E-state index contributed by atoms with van der Waals surface area (Å²) in [6.07, 6.45) is 4.85. The first-order valence-corrected chi connectivity index (χ1v) is 5.83. The molecular weight excluding hydrogens is 262 g/mol. The lowest BCUT2D eigenvalue weighted by Crippen LogP contribution is -2.14. The lowest BCUT2D eigenvalue weighted by atomic mass is 10.3. The average Bonchev–Trinajstić information content (AvgIpc) is 2.88. The summed E-state index contributed by atoms with van der Waals surface area (Å²) in [7, 11) is 0. The molecule has 0 aliphatic rings. The molecule has 0 fully saturated rings. The van der Waals surface area contributed by atoms with Gasteiger partial charge in [-0.3, -0.25) is 4.98 Å². The molecule has 3 heterocycles. The second kappa shape index (κ2) is 4.58. The lowest BCUT2D eigenvalue weighted by molar-refractivity contribution is 1.21. The molecule has 0 saturated carbocycles. The molecular formula is C11H9N7S. The molecule has 94 valence electrons. The van der Waals surface area contributed by atoms with Gasteiger partial charge in [0.15, 0.2) is 11.5 Å². The molecule has 0 saturated heterocycles. The third-order valence-corrected chi connectivity index (χ3v) is 2.80. The quantitative estimate of drug-likeness (QED) is 0.600. The van der Waals surface area contributed by atoms with E-state index in [1.165, 1.54) is 6.33 Å². The minimum absolute atomic E-state index is 0.311. The van der Waals surface area contributed by atoms with Crippen molar-refractivity contribution in [3.63, 3.8) is 0 Å². The highest BCUT2D eigenvalue weighted by Gasteiger charge is 2.09. The summed E-state index contributed by atoms with van der Waals surface area (Å²) < 4.78 is 0. The van der Waals surface area contributed by atoms with Gasteiger partial charge in [-0.25, -0.2) is 4.98 Å². The van der Waals surface area contributed by atoms with Gasteiger partial charge in [0, 0.05) is 18.0 Å². The summed E-state index contributed by atoms with van der Waals surface area (Å²) in [4.78, 5) is 19.7. The fourth-order valence-electron chi connectivity index (χ4n) is 1.58. The molecule has 0 aliphatic carbocycles. The number of hydrogen-bond acceptors (Lipinski definition) is 6. The molecule has 7 nitrogen and oxygen atoms in total. The molecule has 0 amide bonds. The van der Waals surface area contributed by atoms with Crippen molar-refractivity contribution in [1.82, 2.24) is 24.9 Å². The number of nitrogens with two attached hydrogens (primary N) is 1. The van der Waals surface area contributed by atoms with Crippen LogP contribution in [0.2, 0.25) is 0 Å². The predicted molar refractivity (Wildman–Crippen MR) is 75.7 cm³/mol. The zero-order valence-electron chi connectivity index (χ0n) is 9.66. The van der Waals surface area contributed by atoms with Crippen LogP contribution in [-0.4, -0.2) is 29.9 Å². The number of imidazole rings is 1. The molecule has 3 rings (SSSR count). The van der Waals surface area contributed by atoms with Crippen molar-refractivity contribution in [3.8, 4) is 0 Å². The Morgan fingerprint density at radius 1 is 1.37 bits per heavy atom. The Labute approximate surface area is 113 Å². The van der Waals surface area contributed by atoms with Crippen molar-refractivity contribution in [2.24, 2.45) is 0 Å². The van der Waals surface area contributed by atoms with Gasteiger partial charge in [0.2, 0.25) is 5.95 Å². The third-order valence-electron chi connectivity index (χ3n) is 2.46. The number of nitrogens with zero attached hydrogens (tertiary/aromatic N) is 4. The second-order valence-corrected chi connectivity index (χ2v) is 4.14. The maximum atomic E-state index is 5.80. The van der Waals surface area contributed by atoms with Gasteiger partial charge in [-0.2, -0.15) is 9.97 Å². The van der Waals surface area contributed by atoms with Crippen molar-refractivity contribution in [2.45, 2.75) is 0 Å². The van der Waals surface area contributed by atoms with Crippen LogP contribution in [0.1, 0.15) is 5.56 Å². The number of anilines is 2. The van der Waals surface area contributed by atoms with Gasteiger partial charge in [-0.1, -0.05) is 12.2 Å². The largest absolute Gasteiger partial charge is 0.382 e. The van der Waals surface area contributed by atoms with E-state index in [9.17, 15) is 0 Å². The normalized spacial score (nSPS) is 10.5. The Kier molecular flexibility index (Phi) is 2.76. The minimum atomic E-state index is 0.311. The molecule has 8 heteroatoms. The van der Waals surface area contributed by atoms with Gasteiger partial charge >= 0.3 is 0 Å². The van der Waals surface area contributed by atoms with Crippen LogP contribution in [0, 0.1) is 0 Å². The Bertz CT molecular complexity index is 737. The van der Waals surface area contributed by atoms with Crippen molar-refractivity contribution in [1.29, 1.82) is 0 Å². The Morgan fingerprint density at radius 3 is 3.05 bits per heavy atom. The van der Waals surface area contributed by atoms with Gasteiger partial charge in [0.1, 0.15) is 10.5 Å². The van der Waals surface area contributed by atoms with E-state index >= 15 is 0 Å². The summed E-state index contributed by atoms with van der Waals surface area (Å²) in [5.41, 5.74) is 7.68. The molecule has 19 heavy (non-hydrogen) atoms. The van der Waals surface area contributed by atoms with Crippen LogP contribution in [0.3, 0.4) is 0 Å². The van der Waals surface area contributed by atoms with Gasteiger partial charge < -0.3 is 16.0 Å². The van der Waals surface area contributed by atoms with E-state index in [1.807, 2.05) is 6.07 Å². The van der Waals surface area contributed by atoms with E-state index in [-0.39, 0.29) is 0 Å². The maximum absolute atomic E-state index is 5.80. The van der Waals surface area contributed by atoms with E-state index in [4.69, 9.17) is 18.0 Å². The summed E-state index contributed by atoms with van der Waals surface area (Å²) in [6, 6.07) is 3.65. The third kappa shape index (κ3) is 2.20. The zero-order valence-corrected chi connectivity index (χ0v) is 10.5. The molecule has 0 atom stereocenters. The highest BCUT2D eigenvalue weighted by molar-refractivity contribution is 7.81. The van der Waals surface area contributed by atoms with Crippen molar-refractivity contribution >= 4 is 40.1 Å². The smallest absolute Gasteiger partial charge is 0.232 e. The fourth-order valence-corrected chi connectivity index (χ4v) is 1.79. The fraction of sp³-hybridized carbons (Fsp3) is 0. The zero-order chi connectivity index (χ0) is 13.2. The van der Waals surface area contributed by atoms with E-state index in [1.54, 1.807) is 18.5 Å². The standard InChI is InChI=1S/C11H9N7S/c12-8-7-9(15-5-14-7)17-11(16-8)18-10(19)6-2-1-3-13-4-6/h1-5H,(H4,12,14,15,16,17,18,19). The lowest BCUT2D eigenvalue weighted by Gasteiger charge is -2.06. The molecule has 0 radical (unpaired) electrons. The number of rotatable bonds is 2. The molecule has 0 unspecified atom stereocenters. The number of pyridine rings is 1. The molecule has 3 aromatic rings. The van der Waals surface area contributed by atoms with Crippen molar-refractivity contribution < 1.29 is 0 Å². The van der Waals surface area contributed by atoms with Crippen LogP contribution in [0.4, 0.5) is 11.8 Å². The number of H-pyrrole nitrogens is 1. The SMILES string of the molecule is Nc1nc(NC(=S)c2cccnc2)nc2nc[nH]c12. The summed E-state index contributed by atoms with van der Waals surface area (Å²) in [6.45, 7) is 0. The number of aromatic nitrogens is 5. The van der Waals surface area contributed by atoms with Gasteiger partial charge in [0.25, 0.3) is 0 Å². The first-order chi connectivity index (χ1) is 9.24. The molecule has 0 spiro atoms. The summed E-state index contributed by atoms with van der Waals surface area (Å²) >= 11 is 5.25. The van der Waals surface area contributed by atoms with Crippen molar-refractivity contribution in [3.05, 3.63) is 36.4 Å². The molecule has 3 aromatic heterocycles. The van der Waals surface area contributed by atoms with E-state index in [2.05, 4.69) is 30.2 Å². The molecule has 0 bridgehead atoms. The van der Waals surface area contributed by atoms with E-state index in [0.717, 1.165) is 5.56 Å². The number of fused-ring (bicyclic) bond motifs is 1. The number of nitrogen functional groups attached to an aromatic ring is 1. The Hall–Kier alpha value is -2.61. The second-order valence-electron chi connectivity index (χ2n) is 3.73. The molecule has 0 aromatic carbocycles. The highest BCUT2D eigenvalue weighted by Crippen LogP contribution is 2.15. The first kappa shape index (κ1) is 11.5. The van der Waals surface area contributed by atoms with Crippen LogP contribution in [0.5, 0.6) is 0 Å². The number of aromatic amines is 1. The van der Waals surface area contributed by atoms with Crippen LogP contribution >= 0.6 is 12.2 Å². The van der Waals surface area contributed by atoms with Gasteiger partial charge in [-0.05, 0) is 12.1 Å². The maximum Gasteiger partial charge on any atom is 0.232 e. The number of nitrogens with one attached hydrogen (secondary N) is 2. The van der Waals surface area contributed by atoms with Crippen LogP contribution in [0.15, 0.2) is 30.9 Å². The topological polar surface area (TPSA) is 105 Å². The first-order valence-electron chi connectivity index (χ1n) is 5.42. The number of thiocarbonyl (C=S) groups is 1. The van der Waals surface area contributed by atoms with E-state index < -0.39 is 0 Å². The summed E-state index contributed by atoms with van der Waals surface area (Å²) in [5, 5.41) is 2.92. The molecule has 4 N–H and O–H groups in total. The van der Waals surface area contributed by atoms with Crippen LogP contribution in [-0.2, 0) is 0 Å². The number of hydrogen-bond donors (Lipinski definition) is 3. The minimum Gasteiger partial charge on any atom is -0.382 e. The summed E-state index contributed by atoms with van der Waals surface area (Å²) in [5.74, 6) is 0.630. The van der Waals surface area contributed by atoms with Crippen LogP contribution in [0.25, 0.3) is 11.2 Å². The highest BCUT2D eigenvalue weighted by atomic mass is 32.1. The van der Waals surface area contributed by atoms with Crippen LogP contribution < -0.4 is 11.1 Å². The van der Waals surface area contributed by atoms with E-state index in [0.29, 0.717) is 27.9 Å². The Morgan fingerprint density at radius 2 is 2.26 bits per heavy atom. The van der Waals surface area contributed by atoms with Crippen molar-refractivity contribution in [2.75, 3.05) is 11.1 Å². The van der Waals surface area contributed by atoms with Gasteiger partial charge in [0.05, 0.1) is 6.33 Å². The average molecular weight is 271 g/mol.